The van der Waals surface area contributed by atoms with Gasteiger partial charge in [0.05, 0.1) is 23.0 Å². The van der Waals surface area contributed by atoms with Crippen LogP contribution in [-0.4, -0.2) is 75.5 Å². The maximum absolute atomic E-state index is 15.1. The van der Waals surface area contributed by atoms with Crippen LogP contribution in [0.25, 0.3) is 34.3 Å². The molecular formula is C42H53FN8O3. The average Bonchev–Trinajstić information content (AvgIpc) is 3.85. The number of ether oxygens (including phenoxy) is 1. The number of hydrogen-bond donors (Lipinski definition) is 3. The third-order valence-electron chi connectivity index (χ3n) is 9.83. The predicted molar refractivity (Wildman–Crippen MR) is 213 cm³/mol. The average molecular weight is 737 g/mol. The van der Waals surface area contributed by atoms with Crippen LogP contribution < -0.4 is 16.0 Å². The van der Waals surface area contributed by atoms with Gasteiger partial charge in [0, 0.05) is 81.8 Å². The molecule has 3 aromatic heterocycles. The third-order valence-corrected chi connectivity index (χ3v) is 9.83. The highest BCUT2D eigenvalue weighted by molar-refractivity contribution is 5.96. The van der Waals surface area contributed by atoms with Crippen molar-refractivity contribution in [2.75, 3.05) is 38.2 Å². The number of halogens is 1. The van der Waals surface area contributed by atoms with Crippen molar-refractivity contribution in [3.8, 4) is 11.1 Å². The summed E-state index contributed by atoms with van der Waals surface area (Å²) in [5, 5.41) is 15.7. The van der Waals surface area contributed by atoms with Crippen LogP contribution in [-0.2, 0) is 30.8 Å². The van der Waals surface area contributed by atoms with E-state index < -0.39 is 0 Å². The van der Waals surface area contributed by atoms with Crippen LogP contribution >= 0.6 is 0 Å². The Labute approximate surface area is 317 Å². The van der Waals surface area contributed by atoms with Crippen LogP contribution in [0.4, 0.5) is 10.1 Å². The maximum Gasteiger partial charge on any atom is 0.273 e. The minimum absolute atomic E-state index is 0.158. The van der Waals surface area contributed by atoms with Gasteiger partial charge < -0.3 is 25.1 Å². The van der Waals surface area contributed by atoms with Gasteiger partial charge in [0.15, 0.2) is 11.3 Å². The van der Waals surface area contributed by atoms with Gasteiger partial charge in [-0.25, -0.2) is 19.0 Å². The fourth-order valence-electron chi connectivity index (χ4n) is 7.08. The first-order valence-corrected chi connectivity index (χ1v) is 19.4. The van der Waals surface area contributed by atoms with E-state index in [-0.39, 0.29) is 30.0 Å². The molecular weight excluding hydrogens is 684 g/mol. The molecule has 5 aromatic rings. The number of aryl methyl sites for hydroxylation is 2. The number of pyridine rings is 1. The zero-order valence-corrected chi connectivity index (χ0v) is 32.1. The molecule has 54 heavy (non-hydrogen) atoms. The molecule has 1 unspecified atom stereocenters. The van der Waals surface area contributed by atoms with Crippen LogP contribution in [0, 0.1) is 5.82 Å². The van der Waals surface area contributed by atoms with Gasteiger partial charge in [0.1, 0.15) is 12.1 Å². The lowest BCUT2D eigenvalue weighted by molar-refractivity contribution is 0.0904. The molecule has 2 fully saturated rings. The first-order chi connectivity index (χ1) is 26.4. The number of carbonyl (C=O) groups excluding carboxylic acids is 1. The number of amides is 1. The number of carbonyl (C=O) groups is 1. The van der Waals surface area contributed by atoms with Gasteiger partial charge in [0.25, 0.3) is 5.91 Å². The molecule has 3 N–H and O–H groups in total. The predicted octanol–water partition coefficient (Wildman–Crippen LogP) is 7.32. The Morgan fingerprint density at radius 1 is 1.07 bits per heavy atom. The van der Waals surface area contributed by atoms with Gasteiger partial charge in [-0.15, -0.1) is 0 Å². The van der Waals surface area contributed by atoms with Crippen molar-refractivity contribution in [2.24, 2.45) is 0 Å². The van der Waals surface area contributed by atoms with E-state index in [4.69, 9.17) is 14.1 Å². The van der Waals surface area contributed by atoms with E-state index in [0.717, 1.165) is 110 Å². The molecule has 1 amide bonds. The van der Waals surface area contributed by atoms with Gasteiger partial charge in [-0.1, -0.05) is 45.0 Å². The van der Waals surface area contributed by atoms with Crippen LogP contribution in [0.15, 0.2) is 59.3 Å². The molecule has 2 saturated heterocycles. The number of piperazine rings is 1. The highest BCUT2D eigenvalue weighted by Crippen LogP contribution is 2.33. The number of nitrogens with one attached hydrogen (secondary N) is 3. The molecule has 2 aromatic carbocycles. The zero-order valence-electron chi connectivity index (χ0n) is 32.1. The summed E-state index contributed by atoms with van der Waals surface area (Å²) in [4.78, 5) is 25.0. The summed E-state index contributed by atoms with van der Waals surface area (Å²) < 4.78 is 28.3. The standard InChI is InChI=1S/C40H47FN8O3.C2H6/c1-4-35-31(38(45-30-13-17-51-18-14-30)33-22-44-49(5-2)39(33)47-35)10-12-37-46-36(25-52-37)40(50)43-21-27-9-11-34(41)32(20-27)29-8-6-7-28(19-29)24-48-16-15-42-26(3)23-48;1-2/h6-12,19-20,22,25-26,30,42H,4-5,13-18,21,23-24H2,1-3H3,(H,43,50)(H,45,47);1-2H3/b12-10+;. The molecule has 0 saturated carbocycles. The lowest BCUT2D eigenvalue weighted by Crippen LogP contribution is -2.48. The van der Waals surface area contributed by atoms with Gasteiger partial charge >= 0.3 is 0 Å². The Morgan fingerprint density at radius 2 is 1.91 bits per heavy atom. The van der Waals surface area contributed by atoms with Crippen LogP contribution in [0.1, 0.15) is 86.2 Å². The first kappa shape index (κ1) is 38.8. The number of nitrogens with zero attached hydrogens (tertiary/aromatic N) is 5. The SMILES string of the molecule is CC.CCc1nc2c(cnn2CC)c(NC2CCOCC2)c1/C=C/c1nc(C(=O)NCc2ccc(F)c(-c3cccc(CN4CCNC(C)C4)c3)c2)co1. The third kappa shape index (κ3) is 9.23. The number of anilines is 1. The Bertz CT molecular complexity index is 2050. The monoisotopic (exact) mass is 736 g/mol. The smallest absolute Gasteiger partial charge is 0.273 e. The highest BCUT2D eigenvalue weighted by atomic mass is 19.1. The van der Waals surface area contributed by atoms with Crippen molar-refractivity contribution in [2.45, 2.75) is 85.6 Å². The zero-order chi connectivity index (χ0) is 38.0. The number of benzene rings is 2. The van der Waals surface area contributed by atoms with Gasteiger partial charge in [-0.2, -0.15) is 5.10 Å². The molecule has 2 aliphatic heterocycles. The molecule has 286 valence electrons. The van der Waals surface area contributed by atoms with Crippen LogP contribution in [0.2, 0.25) is 0 Å². The number of oxazole rings is 1. The summed E-state index contributed by atoms with van der Waals surface area (Å²) in [6.07, 6.45) is 9.48. The second-order valence-corrected chi connectivity index (χ2v) is 13.6. The fraction of sp³-hybridized carbons (Fsp3) is 0.429. The van der Waals surface area contributed by atoms with E-state index in [1.807, 2.05) is 42.9 Å². The second-order valence-electron chi connectivity index (χ2n) is 13.6. The van der Waals surface area contributed by atoms with Crippen molar-refractivity contribution in [3.63, 3.8) is 0 Å². The van der Waals surface area contributed by atoms with E-state index >= 15 is 4.39 Å². The molecule has 11 nitrogen and oxygen atoms in total. The summed E-state index contributed by atoms with van der Waals surface area (Å²) in [6.45, 7) is 16.4. The number of hydrogen-bond acceptors (Lipinski definition) is 9. The van der Waals surface area contributed by atoms with Crippen LogP contribution in [0.3, 0.4) is 0 Å². The minimum atomic E-state index is -0.382. The van der Waals surface area contributed by atoms with E-state index in [9.17, 15) is 4.79 Å². The summed E-state index contributed by atoms with van der Waals surface area (Å²) in [7, 11) is 0. The maximum atomic E-state index is 15.1. The summed E-state index contributed by atoms with van der Waals surface area (Å²) in [6, 6.07) is 13.7. The van der Waals surface area contributed by atoms with Crippen molar-refractivity contribution in [3.05, 3.63) is 94.7 Å². The van der Waals surface area contributed by atoms with Gasteiger partial charge in [0.2, 0.25) is 5.89 Å². The van der Waals surface area contributed by atoms with Gasteiger partial charge in [-0.3, -0.25) is 9.69 Å². The quantitative estimate of drug-likeness (QED) is 0.121. The van der Waals surface area contributed by atoms with E-state index in [0.29, 0.717) is 17.5 Å². The Morgan fingerprint density at radius 3 is 2.69 bits per heavy atom. The summed E-state index contributed by atoms with van der Waals surface area (Å²) >= 11 is 0. The van der Waals surface area contributed by atoms with Crippen molar-refractivity contribution in [1.82, 2.24) is 35.3 Å². The molecule has 0 spiro atoms. The molecule has 7 rings (SSSR count). The molecule has 0 bridgehead atoms. The summed E-state index contributed by atoms with van der Waals surface area (Å²) in [5.41, 5.74) is 7.09. The van der Waals surface area contributed by atoms with Crippen molar-refractivity contribution < 1.29 is 18.3 Å². The van der Waals surface area contributed by atoms with Gasteiger partial charge in [-0.05, 0) is 74.1 Å². The second kappa shape index (κ2) is 18.4. The molecule has 1 atom stereocenters. The first-order valence-electron chi connectivity index (χ1n) is 19.4. The Hall–Kier alpha value is -4.91. The molecule has 2 aliphatic rings. The van der Waals surface area contributed by atoms with E-state index in [1.165, 1.54) is 12.3 Å². The lowest BCUT2D eigenvalue weighted by Gasteiger charge is -2.31. The molecule has 5 heterocycles. The van der Waals surface area contributed by atoms with Crippen LogP contribution in [0.5, 0.6) is 0 Å². The van der Waals surface area contributed by atoms with Crippen molar-refractivity contribution in [1.29, 1.82) is 0 Å². The Balaban J connectivity index is 0.00000245. The number of aromatic nitrogens is 4. The molecule has 12 heteroatoms. The van der Waals surface area contributed by atoms with Crippen molar-refractivity contribution >= 4 is 34.8 Å². The minimum Gasteiger partial charge on any atom is -0.444 e. The molecule has 0 aliphatic carbocycles. The Kier molecular flexibility index (Phi) is 13.2. The van der Waals surface area contributed by atoms with E-state index in [2.05, 4.69) is 63.8 Å². The number of rotatable bonds is 12. The van der Waals surface area contributed by atoms with E-state index in [1.54, 1.807) is 18.2 Å². The fourth-order valence-corrected chi connectivity index (χ4v) is 7.08. The highest BCUT2D eigenvalue weighted by Gasteiger charge is 2.21. The lowest BCUT2D eigenvalue weighted by atomic mass is 10.00. The topological polar surface area (TPSA) is 122 Å². The molecule has 0 radical (unpaired) electrons. The summed E-state index contributed by atoms with van der Waals surface area (Å²) in [5.74, 6) is -0.387. The largest absolute Gasteiger partial charge is 0.444 e. The normalized spacial score (nSPS) is 16.7. The number of fused-ring (bicyclic) bond motifs is 1.